The number of aromatic hydroxyl groups is 1. The summed E-state index contributed by atoms with van der Waals surface area (Å²) in [6, 6.07) is 16.2. The molecule has 0 aliphatic heterocycles. The Morgan fingerprint density at radius 2 is 1.82 bits per heavy atom. The lowest BCUT2D eigenvalue weighted by Crippen LogP contribution is -2.33. The van der Waals surface area contributed by atoms with Crippen molar-refractivity contribution in [3.05, 3.63) is 81.0 Å². The molecule has 1 heterocycles. The van der Waals surface area contributed by atoms with E-state index in [4.69, 9.17) is 0 Å². The first-order chi connectivity index (χ1) is 13.4. The molecule has 0 fully saturated rings. The van der Waals surface area contributed by atoms with Crippen LogP contribution >= 0.6 is 0 Å². The van der Waals surface area contributed by atoms with Gasteiger partial charge in [-0.15, -0.1) is 0 Å². The first-order valence-corrected chi connectivity index (χ1v) is 8.91. The number of rotatable bonds is 5. The summed E-state index contributed by atoms with van der Waals surface area (Å²) in [5.74, 6) is -0.427. The molecule has 7 heteroatoms. The topological polar surface area (TPSA) is 90.7 Å². The van der Waals surface area contributed by atoms with Gasteiger partial charge in [0.1, 0.15) is 5.56 Å². The molecule has 0 saturated heterocycles. The minimum atomic E-state index is -0.706. The van der Waals surface area contributed by atoms with Gasteiger partial charge in [0.25, 0.3) is 5.56 Å². The molecule has 0 saturated carbocycles. The molecule has 0 spiro atoms. The molecule has 0 amide bonds. The van der Waals surface area contributed by atoms with E-state index in [0.29, 0.717) is 23.5 Å². The Balaban J connectivity index is 2.20. The summed E-state index contributed by atoms with van der Waals surface area (Å²) < 4.78 is 1.07. The zero-order chi connectivity index (χ0) is 20.3. The fourth-order valence-corrected chi connectivity index (χ4v) is 2.91. The van der Waals surface area contributed by atoms with Gasteiger partial charge in [0, 0.05) is 19.8 Å². The summed E-state index contributed by atoms with van der Waals surface area (Å²) >= 11 is 0. The van der Waals surface area contributed by atoms with Gasteiger partial charge >= 0.3 is 5.69 Å². The van der Waals surface area contributed by atoms with Crippen LogP contribution in [0.5, 0.6) is 5.88 Å². The van der Waals surface area contributed by atoms with Crippen LogP contribution < -0.4 is 16.1 Å². The smallest absolute Gasteiger partial charge is 0.335 e. The van der Waals surface area contributed by atoms with Gasteiger partial charge in [-0.25, -0.2) is 9.36 Å². The van der Waals surface area contributed by atoms with Crippen molar-refractivity contribution in [3.63, 3.8) is 0 Å². The van der Waals surface area contributed by atoms with Crippen LogP contribution in [0.1, 0.15) is 18.9 Å². The van der Waals surface area contributed by atoms with Gasteiger partial charge in [-0.05, 0) is 36.8 Å². The second-order valence-electron chi connectivity index (χ2n) is 6.46. The maximum absolute atomic E-state index is 12.5. The Morgan fingerprint density at radius 3 is 2.46 bits per heavy atom. The maximum Gasteiger partial charge on any atom is 0.335 e. The minimum absolute atomic E-state index is 0.0128. The standard InChI is InChI=1S/C21H22N4O3/c1-4-17(22-14-9-8-12-16(13-14)24(2)3)18-19(26)23-21(28)25(20(18)27)15-10-6-5-7-11-15/h5-13,27H,4H2,1-3H3,(H,23,26,28). The van der Waals surface area contributed by atoms with Crippen molar-refractivity contribution in [2.45, 2.75) is 13.3 Å². The molecule has 1 aromatic heterocycles. The highest BCUT2D eigenvalue weighted by Gasteiger charge is 2.19. The van der Waals surface area contributed by atoms with Gasteiger partial charge < -0.3 is 10.0 Å². The number of aromatic amines is 1. The van der Waals surface area contributed by atoms with Crippen molar-refractivity contribution in [1.82, 2.24) is 9.55 Å². The van der Waals surface area contributed by atoms with Gasteiger partial charge in [0.2, 0.25) is 5.88 Å². The molecule has 0 bridgehead atoms. The first kappa shape index (κ1) is 19.2. The molecule has 0 aliphatic carbocycles. The molecule has 0 radical (unpaired) electrons. The largest absolute Gasteiger partial charge is 0.493 e. The van der Waals surface area contributed by atoms with Crippen LogP contribution in [0.4, 0.5) is 11.4 Å². The zero-order valence-corrected chi connectivity index (χ0v) is 16.0. The Labute approximate surface area is 162 Å². The average Bonchev–Trinajstić information content (AvgIpc) is 2.67. The summed E-state index contributed by atoms with van der Waals surface area (Å²) in [5.41, 5.74) is 1.07. The number of nitrogens with zero attached hydrogens (tertiary/aromatic N) is 3. The second kappa shape index (κ2) is 7.96. The minimum Gasteiger partial charge on any atom is -0.493 e. The van der Waals surface area contributed by atoms with Crippen molar-refractivity contribution in [1.29, 1.82) is 0 Å². The van der Waals surface area contributed by atoms with Crippen LogP contribution in [0.15, 0.2) is 69.2 Å². The third-order valence-corrected chi connectivity index (χ3v) is 4.33. The molecule has 144 valence electrons. The number of hydrogen-bond acceptors (Lipinski definition) is 5. The van der Waals surface area contributed by atoms with E-state index >= 15 is 0 Å². The van der Waals surface area contributed by atoms with Crippen LogP contribution in [0, 0.1) is 0 Å². The fourth-order valence-electron chi connectivity index (χ4n) is 2.91. The van der Waals surface area contributed by atoms with Gasteiger partial charge in [0.05, 0.1) is 17.1 Å². The van der Waals surface area contributed by atoms with Crippen molar-refractivity contribution in [2.24, 2.45) is 4.99 Å². The van der Waals surface area contributed by atoms with E-state index in [1.807, 2.05) is 50.2 Å². The number of aromatic nitrogens is 2. The van der Waals surface area contributed by atoms with Crippen molar-refractivity contribution in [2.75, 3.05) is 19.0 Å². The highest BCUT2D eigenvalue weighted by molar-refractivity contribution is 6.03. The Morgan fingerprint density at radius 1 is 1.11 bits per heavy atom. The lowest BCUT2D eigenvalue weighted by atomic mass is 10.1. The summed E-state index contributed by atoms with van der Waals surface area (Å²) in [6.45, 7) is 1.84. The molecular formula is C21H22N4O3. The van der Waals surface area contributed by atoms with Crippen molar-refractivity contribution < 1.29 is 5.11 Å². The summed E-state index contributed by atoms with van der Waals surface area (Å²) in [6.07, 6.45) is 0.399. The molecule has 0 atom stereocenters. The molecule has 0 unspecified atom stereocenters. The SMILES string of the molecule is CCC(=Nc1cccc(N(C)C)c1)c1c(O)n(-c2ccccc2)c(=O)[nH]c1=O. The molecule has 2 N–H and O–H groups in total. The van der Waals surface area contributed by atoms with Gasteiger partial charge in [-0.3, -0.25) is 14.8 Å². The summed E-state index contributed by atoms with van der Waals surface area (Å²) in [5, 5.41) is 10.8. The van der Waals surface area contributed by atoms with E-state index in [2.05, 4.69) is 9.98 Å². The fraction of sp³-hybridized carbons (Fsp3) is 0.190. The Hall–Kier alpha value is -3.61. The summed E-state index contributed by atoms with van der Waals surface area (Å²) in [4.78, 5) is 33.6. The number of H-pyrrole nitrogens is 1. The molecule has 3 aromatic rings. The highest BCUT2D eigenvalue weighted by atomic mass is 16.3. The third kappa shape index (κ3) is 3.73. The van der Waals surface area contributed by atoms with E-state index < -0.39 is 17.1 Å². The van der Waals surface area contributed by atoms with E-state index in [-0.39, 0.29) is 5.56 Å². The van der Waals surface area contributed by atoms with E-state index in [0.717, 1.165) is 10.3 Å². The van der Waals surface area contributed by atoms with E-state index in [1.165, 1.54) is 0 Å². The highest BCUT2D eigenvalue weighted by Crippen LogP contribution is 2.23. The van der Waals surface area contributed by atoms with Gasteiger partial charge in [-0.1, -0.05) is 31.2 Å². The van der Waals surface area contributed by atoms with E-state index in [9.17, 15) is 14.7 Å². The normalized spacial score (nSPS) is 11.5. The third-order valence-electron chi connectivity index (χ3n) is 4.33. The maximum atomic E-state index is 12.5. The molecule has 0 aliphatic rings. The first-order valence-electron chi connectivity index (χ1n) is 8.91. The van der Waals surface area contributed by atoms with Crippen LogP contribution in [0.3, 0.4) is 0 Å². The monoisotopic (exact) mass is 378 g/mol. The molecule has 2 aromatic carbocycles. The zero-order valence-electron chi connectivity index (χ0n) is 16.0. The van der Waals surface area contributed by atoms with Crippen molar-refractivity contribution >= 4 is 17.1 Å². The number of nitrogens with one attached hydrogen (secondary N) is 1. The number of hydrogen-bond donors (Lipinski definition) is 2. The Kier molecular flexibility index (Phi) is 5.44. The van der Waals surface area contributed by atoms with Gasteiger partial charge in [-0.2, -0.15) is 0 Å². The van der Waals surface area contributed by atoms with E-state index in [1.54, 1.807) is 30.3 Å². The van der Waals surface area contributed by atoms with Crippen molar-refractivity contribution in [3.8, 4) is 11.6 Å². The number of para-hydroxylation sites is 1. The van der Waals surface area contributed by atoms with Crippen LogP contribution in [0.25, 0.3) is 5.69 Å². The summed E-state index contributed by atoms with van der Waals surface area (Å²) in [7, 11) is 3.85. The molecular weight excluding hydrogens is 356 g/mol. The number of anilines is 1. The lowest BCUT2D eigenvalue weighted by molar-refractivity contribution is 0.429. The average molecular weight is 378 g/mol. The predicted octanol–water partition coefficient (Wildman–Crippen LogP) is 2.83. The second-order valence-corrected chi connectivity index (χ2v) is 6.46. The number of aliphatic imine (C=N–C) groups is 1. The Bertz CT molecular complexity index is 1130. The van der Waals surface area contributed by atoms with Gasteiger partial charge in [0.15, 0.2) is 0 Å². The number of benzene rings is 2. The quantitative estimate of drug-likeness (QED) is 0.668. The molecule has 28 heavy (non-hydrogen) atoms. The van der Waals surface area contributed by atoms with Crippen LogP contribution in [-0.2, 0) is 0 Å². The van der Waals surface area contributed by atoms with Crippen LogP contribution in [-0.4, -0.2) is 34.5 Å². The lowest BCUT2D eigenvalue weighted by Gasteiger charge is -2.14. The molecule has 3 rings (SSSR count). The predicted molar refractivity (Wildman–Crippen MR) is 112 cm³/mol. The van der Waals surface area contributed by atoms with Crippen LogP contribution in [0.2, 0.25) is 0 Å². The molecule has 7 nitrogen and oxygen atoms in total.